The Morgan fingerprint density at radius 2 is 1.71 bits per heavy atom. The number of carbonyl (C=O) groups excluding carboxylic acids is 1. The van der Waals surface area contributed by atoms with E-state index in [1.807, 2.05) is 25.1 Å². The molecule has 10 heteroatoms. The Balaban J connectivity index is 1.61. The highest BCUT2D eigenvalue weighted by molar-refractivity contribution is 7.90. The maximum Gasteiger partial charge on any atom is 0.355 e. The highest BCUT2D eigenvalue weighted by Crippen LogP contribution is 2.30. The second-order valence-corrected chi connectivity index (χ2v) is 10.0. The van der Waals surface area contributed by atoms with Crippen molar-refractivity contribution in [2.45, 2.75) is 11.8 Å². The molecular formula is C25H24N4O5S. The molecule has 2 aromatic heterocycles. The molecule has 0 N–H and O–H groups in total. The molecule has 0 saturated carbocycles. The van der Waals surface area contributed by atoms with Crippen LogP contribution in [0.2, 0.25) is 0 Å². The number of hydrogen-bond donors (Lipinski definition) is 0. The van der Waals surface area contributed by atoms with E-state index in [1.54, 1.807) is 24.3 Å². The van der Waals surface area contributed by atoms with E-state index in [-0.39, 0.29) is 10.6 Å². The van der Waals surface area contributed by atoms with Gasteiger partial charge in [-0.05, 0) is 43.3 Å². The second-order valence-electron chi connectivity index (χ2n) is 8.25. The molecule has 0 aliphatic carbocycles. The lowest BCUT2D eigenvalue weighted by Crippen LogP contribution is -2.36. The van der Waals surface area contributed by atoms with Crippen molar-refractivity contribution in [2.75, 3.05) is 38.3 Å². The number of fused-ring (bicyclic) bond motifs is 1. The van der Waals surface area contributed by atoms with Gasteiger partial charge in [-0.2, -0.15) is 0 Å². The van der Waals surface area contributed by atoms with Crippen LogP contribution in [-0.4, -0.2) is 62.0 Å². The first-order valence-corrected chi connectivity index (χ1v) is 12.6. The molecule has 9 nitrogen and oxygen atoms in total. The van der Waals surface area contributed by atoms with Gasteiger partial charge in [0.05, 0.1) is 36.4 Å². The summed E-state index contributed by atoms with van der Waals surface area (Å²) in [4.78, 5) is 14.7. The topological polar surface area (TPSA) is 104 Å². The van der Waals surface area contributed by atoms with Gasteiger partial charge in [0, 0.05) is 24.0 Å². The molecule has 1 aliphatic rings. The monoisotopic (exact) mass is 492 g/mol. The minimum atomic E-state index is -4.08. The average molecular weight is 493 g/mol. The predicted molar refractivity (Wildman–Crippen MR) is 131 cm³/mol. The lowest BCUT2D eigenvalue weighted by Gasteiger charge is -2.27. The molecule has 1 saturated heterocycles. The van der Waals surface area contributed by atoms with Crippen LogP contribution in [0, 0.1) is 6.92 Å². The standard InChI is InChI=1S/C25H24N4O5S/c1-17-3-7-20(8-4-17)35(31,32)29-22-15-18(5-6-19(22)16-23(29)25(30)33-2)21-9-10-24(27-26-21)28-11-13-34-14-12-28/h3-10,15-16H,11-14H2,1-2H3. The van der Waals surface area contributed by atoms with Crippen LogP contribution in [-0.2, 0) is 19.5 Å². The van der Waals surface area contributed by atoms with Gasteiger partial charge < -0.3 is 14.4 Å². The molecule has 3 heterocycles. The third-order valence-corrected chi connectivity index (χ3v) is 7.74. The Morgan fingerprint density at radius 3 is 2.37 bits per heavy atom. The normalized spacial score (nSPS) is 14.3. The van der Waals surface area contributed by atoms with Gasteiger partial charge >= 0.3 is 5.97 Å². The van der Waals surface area contributed by atoms with E-state index in [9.17, 15) is 13.2 Å². The average Bonchev–Trinajstić information content (AvgIpc) is 3.29. The van der Waals surface area contributed by atoms with Gasteiger partial charge in [-0.1, -0.05) is 29.8 Å². The molecule has 0 unspecified atom stereocenters. The summed E-state index contributed by atoms with van der Waals surface area (Å²) < 4.78 is 38.6. The third-order valence-electron chi connectivity index (χ3n) is 6.00. The van der Waals surface area contributed by atoms with Crippen molar-refractivity contribution in [1.82, 2.24) is 14.2 Å². The van der Waals surface area contributed by atoms with Crippen LogP contribution < -0.4 is 4.90 Å². The highest BCUT2D eigenvalue weighted by Gasteiger charge is 2.27. The zero-order chi connectivity index (χ0) is 24.6. The van der Waals surface area contributed by atoms with Gasteiger partial charge in [-0.25, -0.2) is 17.2 Å². The lowest BCUT2D eigenvalue weighted by atomic mass is 10.1. The number of anilines is 1. The predicted octanol–water partition coefficient (Wildman–Crippen LogP) is 3.27. The van der Waals surface area contributed by atoms with Crippen molar-refractivity contribution < 1.29 is 22.7 Å². The van der Waals surface area contributed by atoms with Crippen molar-refractivity contribution in [3.05, 3.63) is 71.9 Å². The van der Waals surface area contributed by atoms with Crippen molar-refractivity contribution in [3.63, 3.8) is 0 Å². The summed E-state index contributed by atoms with van der Waals surface area (Å²) in [5, 5.41) is 9.31. The van der Waals surface area contributed by atoms with Crippen molar-refractivity contribution in [1.29, 1.82) is 0 Å². The van der Waals surface area contributed by atoms with Crippen molar-refractivity contribution in [3.8, 4) is 11.3 Å². The molecule has 0 atom stereocenters. The minimum Gasteiger partial charge on any atom is -0.464 e. The third kappa shape index (κ3) is 4.26. The zero-order valence-electron chi connectivity index (χ0n) is 19.3. The first-order chi connectivity index (χ1) is 16.9. The number of morpholine rings is 1. The largest absolute Gasteiger partial charge is 0.464 e. The van der Waals surface area contributed by atoms with E-state index in [0.717, 1.165) is 28.4 Å². The van der Waals surface area contributed by atoms with Gasteiger partial charge in [0.1, 0.15) is 5.69 Å². The van der Waals surface area contributed by atoms with Crippen molar-refractivity contribution in [2.24, 2.45) is 0 Å². The number of benzene rings is 2. The number of methoxy groups -OCH3 is 1. The number of ether oxygens (including phenoxy) is 2. The van der Waals surface area contributed by atoms with E-state index in [1.165, 1.54) is 25.3 Å². The van der Waals surface area contributed by atoms with E-state index in [4.69, 9.17) is 9.47 Å². The van der Waals surface area contributed by atoms with Gasteiger partial charge in [0.15, 0.2) is 5.82 Å². The maximum atomic E-state index is 13.6. The fraction of sp³-hybridized carbons (Fsp3) is 0.240. The first kappa shape index (κ1) is 23.0. The summed E-state index contributed by atoms with van der Waals surface area (Å²) in [6, 6.07) is 17.0. The quantitative estimate of drug-likeness (QED) is 0.391. The molecule has 1 fully saturated rings. The van der Waals surface area contributed by atoms with Gasteiger partial charge in [-0.3, -0.25) is 0 Å². The van der Waals surface area contributed by atoms with Crippen LogP contribution in [0.25, 0.3) is 22.2 Å². The fourth-order valence-corrected chi connectivity index (χ4v) is 5.59. The molecule has 1 aliphatic heterocycles. The fourth-order valence-electron chi connectivity index (χ4n) is 4.10. The second kappa shape index (κ2) is 9.12. The summed E-state index contributed by atoms with van der Waals surface area (Å²) in [5.74, 6) is 0.0181. The number of carbonyl (C=O) groups is 1. The number of esters is 1. The molecular weight excluding hydrogens is 468 g/mol. The van der Waals surface area contributed by atoms with Crippen LogP contribution in [0.4, 0.5) is 5.82 Å². The van der Waals surface area contributed by atoms with Gasteiger partial charge in [0.25, 0.3) is 10.0 Å². The van der Waals surface area contributed by atoms with Gasteiger partial charge in [-0.15, -0.1) is 10.2 Å². The van der Waals surface area contributed by atoms with E-state index >= 15 is 0 Å². The molecule has 4 aromatic rings. The van der Waals surface area contributed by atoms with E-state index in [0.29, 0.717) is 35.4 Å². The van der Waals surface area contributed by atoms with E-state index in [2.05, 4.69) is 15.1 Å². The smallest absolute Gasteiger partial charge is 0.355 e. The van der Waals surface area contributed by atoms with Crippen LogP contribution in [0.1, 0.15) is 16.1 Å². The van der Waals surface area contributed by atoms with Gasteiger partial charge in [0.2, 0.25) is 0 Å². The summed E-state index contributed by atoms with van der Waals surface area (Å²) in [6.07, 6.45) is 0. The molecule has 5 rings (SSSR count). The molecule has 0 radical (unpaired) electrons. The number of rotatable bonds is 5. The molecule has 0 spiro atoms. The van der Waals surface area contributed by atoms with Crippen LogP contribution in [0.15, 0.2) is 65.6 Å². The van der Waals surface area contributed by atoms with Crippen LogP contribution >= 0.6 is 0 Å². The molecule has 180 valence electrons. The number of nitrogens with zero attached hydrogens (tertiary/aromatic N) is 4. The zero-order valence-corrected chi connectivity index (χ0v) is 20.2. The highest BCUT2D eigenvalue weighted by atomic mass is 32.2. The number of aryl methyl sites for hydroxylation is 1. The van der Waals surface area contributed by atoms with E-state index < -0.39 is 16.0 Å². The summed E-state index contributed by atoms with van der Waals surface area (Å²) in [6.45, 7) is 4.67. The molecule has 0 bridgehead atoms. The Bertz CT molecular complexity index is 1490. The molecule has 35 heavy (non-hydrogen) atoms. The minimum absolute atomic E-state index is 0.0748. The SMILES string of the molecule is COC(=O)c1cc2ccc(-c3ccc(N4CCOCC4)nn3)cc2n1S(=O)(=O)c1ccc(C)cc1. The first-order valence-electron chi connectivity index (χ1n) is 11.1. The van der Waals surface area contributed by atoms with Crippen LogP contribution in [0.5, 0.6) is 0 Å². The summed E-state index contributed by atoms with van der Waals surface area (Å²) >= 11 is 0. The lowest BCUT2D eigenvalue weighted by molar-refractivity contribution is 0.0593. The Kier molecular flexibility index (Phi) is 6.00. The van der Waals surface area contributed by atoms with Crippen LogP contribution in [0.3, 0.4) is 0 Å². The molecule has 0 amide bonds. The van der Waals surface area contributed by atoms with Crippen molar-refractivity contribution >= 4 is 32.7 Å². The number of hydrogen-bond acceptors (Lipinski definition) is 8. The Labute approximate surface area is 203 Å². The maximum absolute atomic E-state index is 13.6. The summed E-state index contributed by atoms with van der Waals surface area (Å²) in [7, 11) is -2.86. The Hall–Kier alpha value is -3.76. The number of aromatic nitrogens is 3. The molecule has 2 aromatic carbocycles. The summed E-state index contributed by atoms with van der Waals surface area (Å²) in [5.41, 5.74) is 2.46. The Morgan fingerprint density at radius 1 is 0.971 bits per heavy atom.